The lowest BCUT2D eigenvalue weighted by Crippen LogP contribution is -2.40. The molecule has 1 N–H and O–H groups in total. The molecule has 1 aromatic heterocycles. The summed E-state index contributed by atoms with van der Waals surface area (Å²) in [6, 6.07) is 0.119. The summed E-state index contributed by atoms with van der Waals surface area (Å²) < 4.78 is 0. The SMILES string of the molecule is O=C(O)C1CCCN1C(=O)c1cc(Cl)ncc1[N+](=O)[O-]. The molecule has 1 aliphatic heterocycles. The average Bonchev–Trinajstić information content (AvgIpc) is 2.86. The lowest BCUT2D eigenvalue weighted by atomic mass is 10.1. The number of carbonyl (C=O) groups is 2. The number of carboxylic acids is 1. The highest BCUT2D eigenvalue weighted by Gasteiger charge is 2.37. The van der Waals surface area contributed by atoms with Crippen LogP contribution in [0.1, 0.15) is 23.2 Å². The van der Waals surface area contributed by atoms with Gasteiger partial charge in [0.2, 0.25) is 0 Å². The third-order valence-corrected chi connectivity index (χ3v) is 3.28. The number of nitrogens with zero attached hydrogens (tertiary/aromatic N) is 3. The van der Waals surface area contributed by atoms with Crippen LogP contribution in [0.15, 0.2) is 12.3 Å². The Morgan fingerprint density at radius 1 is 1.55 bits per heavy atom. The van der Waals surface area contributed by atoms with Crippen LogP contribution in [0.25, 0.3) is 0 Å². The Bertz CT molecular complexity index is 591. The molecule has 8 nitrogen and oxygen atoms in total. The summed E-state index contributed by atoms with van der Waals surface area (Å²) in [6.07, 6.45) is 1.75. The van der Waals surface area contributed by atoms with Gasteiger partial charge in [-0.2, -0.15) is 0 Å². The number of aliphatic carboxylic acids is 1. The van der Waals surface area contributed by atoms with Crippen molar-refractivity contribution in [2.75, 3.05) is 6.54 Å². The lowest BCUT2D eigenvalue weighted by Gasteiger charge is -2.21. The van der Waals surface area contributed by atoms with Gasteiger partial charge in [0.25, 0.3) is 11.6 Å². The van der Waals surface area contributed by atoms with Gasteiger partial charge in [0.1, 0.15) is 23.0 Å². The minimum atomic E-state index is -1.13. The third kappa shape index (κ3) is 2.55. The van der Waals surface area contributed by atoms with Gasteiger partial charge in [-0.05, 0) is 18.9 Å². The number of carboxylic acid groups (broad SMARTS) is 1. The van der Waals surface area contributed by atoms with E-state index in [1.165, 1.54) is 0 Å². The molecule has 1 saturated heterocycles. The molecule has 1 amide bonds. The summed E-state index contributed by atoms with van der Waals surface area (Å²) in [5.74, 6) is -1.84. The van der Waals surface area contributed by atoms with E-state index in [-0.39, 0.29) is 17.3 Å². The number of halogens is 1. The summed E-state index contributed by atoms with van der Waals surface area (Å²) in [6.45, 7) is 0.243. The fourth-order valence-corrected chi connectivity index (χ4v) is 2.32. The van der Waals surface area contributed by atoms with Gasteiger partial charge < -0.3 is 10.0 Å². The van der Waals surface area contributed by atoms with Crippen molar-refractivity contribution in [1.29, 1.82) is 0 Å². The van der Waals surface area contributed by atoms with Crippen LogP contribution in [0.5, 0.6) is 0 Å². The van der Waals surface area contributed by atoms with Crippen LogP contribution in [0, 0.1) is 10.1 Å². The topological polar surface area (TPSA) is 114 Å². The number of amides is 1. The van der Waals surface area contributed by atoms with Gasteiger partial charge in [0.05, 0.1) is 4.92 Å². The molecule has 0 aliphatic carbocycles. The van der Waals surface area contributed by atoms with Crippen LogP contribution < -0.4 is 0 Å². The van der Waals surface area contributed by atoms with Gasteiger partial charge in [0.15, 0.2) is 0 Å². The van der Waals surface area contributed by atoms with Crippen LogP contribution >= 0.6 is 11.6 Å². The summed E-state index contributed by atoms with van der Waals surface area (Å²) in [5, 5.41) is 19.9. The number of rotatable bonds is 3. The normalized spacial score (nSPS) is 18.1. The number of hydrogen-bond donors (Lipinski definition) is 1. The zero-order chi connectivity index (χ0) is 14.9. The lowest BCUT2D eigenvalue weighted by molar-refractivity contribution is -0.385. The molecule has 1 atom stereocenters. The Balaban J connectivity index is 2.40. The predicted molar refractivity (Wildman–Crippen MR) is 67.6 cm³/mol. The van der Waals surface area contributed by atoms with E-state index in [2.05, 4.69) is 4.98 Å². The van der Waals surface area contributed by atoms with Crippen LogP contribution in [-0.2, 0) is 4.79 Å². The van der Waals surface area contributed by atoms with Gasteiger partial charge in [-0.15, -0.1) is 0 Å². The van der Waals surface area contributed by atoms with Gasteiger partial charge in [-0.25, -0.2) is 9.78 Å². The van der Waals surface area contributed by atoms with Crippen molar-refractivity contribution >= 4 is 29.2 Å². The van der Waals surface area contributed by atoms with Crippen molar-refractivity contribution in [3.05, 3.63) is 33.1 Å². The molecule has 0 aromatic carbocycles. The number of hydrogen-bond acceptors (Lipinski definition) is 5. The molecule has 0 saturated carbocycles. The number of likely N-dealkylation sites (tertiary alicyclic amines) is 1. The second-order valence-electron chi connectivity index (χ2n) is 4.28. The first-order valence-corrected chi connectivity index (χ1v) is 6.13. The zero-order valence-electron chi connectivity index (χ0n) is 10.2. The smallest absolute Gasteiger partial charge is 0.326 e. The summed E-state index contributed by atoms with van der Waals surface area (Å²) in [4.78, 5) is 38.2. The monoisotopic (exact) mass is 299 g/mol. The first kappa shape index (κ1) is 14.2. The van der Waals surface area contributed by atoms with E-state index in [4.69, 9.17) is 16.7 Å². The number of aromatic nitrogens is 1. The van der Waals surface area contributed by atoms with Crippen molar-refractivity contribution in [3.63, 3.8) is 0 Å². The number of pyridine rings is 1. The molecule has 0 radical (unpaired) electrons. The molecule has 2 heterocycles. The number of nitro groups is 1. The molecule has 2 rings (SSSR count). The van der Waals surface area contributed by atoms with Crippen molar-refractivity contribution in [3.8, 4) is 0 Å². The molecule has 20 heavy (non-hydrogen) atoms. The van der Waals surface area contributed by atoms with Gasteiger partial charge in [-0.3, -0.25) is 14.9 Å². The fraction of sp³-hybridized carbons (Fsp3) is 0.364. The predicted octanol–water partition coefficient (Wildman–Crippen LogP) is 1.33. The largest absolute Gasteiger partial charge is 0.480 e. The highest BCUT2D eigenvalue weighted by atomic mass is 35.5. The molecule has 1 unspecified atom stereocenters. The first-order chi connectivity index (χ1) is 9.41. The molecule has 1 aromatic rings. The Morgan fingerprint density at radius 3 is 2.85 bits per heavy atom. The Morgan fingerprint density at radius 2 is 2.25 bits per heavy atom. The maximum Gasteiger partial charge on any atom is 0.326 e. The van der Waals surface area contributed by atoms with E-state index in [9.17, 15) is 19.7 Å². The van der Waals surface area contributed by atoms with Crippen molar-refractivity contribution < 1.29 is 19.6 Å². The molecule has 106 valence electrons. The Kier molecular flexibility index (Phi) is 3.84. The molecule has 9 heteroatoms. The average molecular weight is 300 g/mol. The standard InChI is InChI=1S/C11H10ClN3O5/c12-9-4-6(8(5-13-9)15(19)20)10(16)14-3-1-2-7(14)11(17)18/h4-5,7H,1-3H2,(H,17,18). The summed E-state index contributed by atoms with van der Waals surface area (Å²) in [5.41, 5.74) is -0.737. The quantitative estimate of drug-likeness (QED) is 0.511. The summed E-state index contributed by atoms with van der Waals surface area (Å²) >= 11 is 5.65. The molecule has 1 fully saturated rings. The van der Waals surface area contributed by atoms with Gasteiger partial charge in [-0.1, -0.05) is 11.6 Å². The maximum atomic E-state index is 12.3. The Labute approximate surface area is 118 Å². The second kappa shape index (κ2) is 5.41. The minimum absolute atomic E-state index is 0.0648. The van der Waals surface area contributed by atoms with Crippen LogP contribution in [0.4, 0.5) is 5.69 Å². The zero-order valence-corrected chi connectivity index (χ0v) is 10.9. The second-order valence-corrected chi connectivity index (χ2v) is 4.66. The first-order valence-electron chi connectivity index (χ1n) is 5.75. The minimum Gasteiger partial charge on any atom is -0.480 e. The van der Waals surface area contributed by atoms with Crippen LogP contribution in [0.2, 0.25) is 5.15 Å². The van der Waals surface area contributed by atoms with Crippen molar-refractivity contribution in [1.82, 2.24) is 9.88 Å². The highest BCUT2D eigenvalue weighted by molar-refractivity contribution is 6.29. The summed E-state index contributed by atoms with van der Waals surface area (Å²) in [7, 11) is 0. The van der Waals surface area contributed by atoms with Gasteiger partial charge >= 0.3 is 5.97 Å². The van der Waals surface area contributed by atoms with Crippen molar-refractivity contribution in [2.45, 2.75) is 18.9 Å². The Hall–Kier alpha value is -2.22. The fourth-order valence-electron chi connectivity index (χ4n) is 2.16. The third-order valence-electron chi connectivity index (χ3n) is 3.08. The van der Waals surface area contributed by atoms with E-state index in [1.807, 2.05) is 0 Å². The molecule has 0 spiro atoms. The van der Waals surface area contributed by atoms with Crippen molar-refractivity contribution in [2.24, 2.45) is 0 Å². The van der Waals surface area contributed by atoms with E-state index >= 15 is 0 Å². The van der Waals surface area contributed by atoms with Gasteiger partial charge in [0, 0.05) is 6.54 Å². The van der Waals surface area contributed by atoms with Crippen LogP contribution in [0.3, 0.4) is 0 Å². The van der Waals surface area contributed by atoms with E-state index in [0.29, 0.717) is 12.8 Å². The molecular weight excluding hydrogens is 290 g/mol. The van der Waals surface area contributed by atoms with E-state index < -0.39 is 28.5 Å². The number of carbonyl (C=O) groups excluding carboxylic acids is 1. The maximum absolute atomic E-state index is 12.3. The van der Waals surface area contributed by atoms with E-state index in [1.54, 1.807) is 0 Å². The van der Waals surface area contributed by atoms with E-state index in [0.717, 1.165) is 17.2 Å². The molecule has 0 bridgehead atoms. The van der Waals surface area contributed by atoms with Crippen LogP contribution in [-0.4, -0.2) is 44.4 Å². The molecule has 1 aliphatic rings. The molecular formula is C11H10ClN3O5. The highest BCUT2D eigenvalue weighted by Crippen LogP contribution is 2.26.